The fourth-order valence-electron chi connectivity index (χ4n) is 0.322. The van der Waals surface area contributed by atoms with E-state index in [9.17, 15) is 14.7 Å². The molecule has 0 unspecified atom stereocenters. The Hall–Kier alpha value is -1.14. The highest BCUT2D eigenvalue weighted by atomic mass is 16.4. The van der Waals surface area contributed by atoms with Gasteiger partial charge in [-0.05, 0) is 20.3 Å². The van der Waals surface area contributed by atoms with Crippen LogP contribution in [0.25, 0.3) is 0 Å². The molecule has 0 aliphatic heterocycles. The van der Waals surface area contributed by atoms with Crippen molar-refractivity contribution >= 4 is 11.9 Å². The molecule has 1 amide bonds. The molecule has 0 saturated heterocycles. The Kier molecular flexibility index (Phi) is 51.3. The summed E-state index contributed by atoms with van der Waals surface area (Å²) in [6, 6.07) is 0. The molecule has 0 heterocycles. The van der Waals surface area contributed by atoms with E-state index in [0.29, 0.717) is 6.42 Å². The number of hydrogen-bond donors (Lipinski definition) is 2. The quantitative estimate of drug-likeness (QED) is 0.652. The predicted octanol–water partition coefficient (Wildman–Crippen LogP) is -1.26. The summed E-state index contributed by atoms with van der Waals surface area (Å²) in [5.74, 6) is -0.868. The molecule has 0 spiro atoms. The highest BCUT2D eigenvalue weighted by Gasteiger charge is 1.88. The Morgan fingerprint density at radius 3 is 1.47 bits per heavy atom. The van der Waals surface area contributed by atoms with Gasteiger partial charge in [0.15, 0.2) is 0 Å². The summed E-state index contributed by atoms with van der Waals surface area (Å²) in [5.41, 5.74) is 3.49. The second kappa shape index (κ2) is 29.4. The minimum Gasteiger partial charge on any atom is -0.550 e. The monoisotopic (exact) mass is 254 g/mol. The van der Waals surface area contributed by atoms with Gasteiger partial charge in [0.2, 0.25) is 5.91 Å². The molecule has 0 radical (unpaired) electrons. The minimum atomic E-state index is -0.995. The molecule has 0 fully saturated rings. The summed E-state index contributed by atoms with van der Waals surface area (Å²) < 4.78 is 0. The van der Waals surface area contributed by atoms with E-state index in [1.807, 2.05) is 20.8 Å². The van der Waals surface area contributed by atoms with Crippen LogP contribution in [0.1, 0.15) is 48.0 Å². The third-order valence-corrected chi connectivity index (χ3v) is 0.984. The smallest absolute Gasteiger partial charge is 0.219 e. The first-order valence-corrected chi connectivity index (χ1v) is 5.25. The van der Waals surface area contributed by atoms with Crippen LogP contribution in [-0.4, -0.2) is 30.4 Å². The van der Waals surface area contributed by atoms with Crippen LogP contribution in [0, 0.1) is 0 Å². The lowest BCUT2D eigenvalue weighted by Gasteiger charge is -1.93. The number of carbonyl (C=O) groups excluding carboxylic acids is 2. The van der Waals surface area contributed by atoms with E-state index in [1.165, 1.54) is 6.92 Å². The lowest BCUT2D eigenvalue weighted by Crippen LogP contribution is -2.48. The van der Waals surface area contributed by atoms with Crippen LogP contribution in [0.5, 0.6) is 0 Å². The van der Waals surface area contributed by atoms with Crippen LogP contribution in [-0.2, 0) is 9.59 Å². The summed E-state index contributed by atoms with van der Waals surface area (Å²) in [7, 11) is 0. The van der Waals surface area contributed by atoms with E-state index in [4.69, 9.17) is 0 Å². The Morgan fingerprint density at radius 2 is 1.41 bits per heavy atom. The topological polar surface area (TPSA) is 128 Å². The van der Waals surface area contributed by atoms with Gasteiger partial charge < -0.3 is 26.4 Å². The zero-order valence-electron chi connectivity index (χ0n) is 10.8. The van der Waals surface area contributed by atoms with Gasteiger partial charge in [-0.1, -0.05) is 21.3 Å². The van der Waals surface area contributed by atoms with E-state index in [2.05, 4.69) is 11.1 Å². The first kappa shape index (κ1) is 29.7. The van der Waals surface area contributed by atoms with Crippen molar-refractivity contribution in [1.82, 2.24) is 5.32 Å². The Morgan fingerprint density at radius 1 is 1.12 bits per heavy atom. The van der Waals surface area contributed by atoms with Crippen molar-refractivity contribution in [2.75, 3.05) is 13.1 Å². The number of amides is 1. The van der Waals surface area contributed by atoms with Crippen molar-refractivity contribution in [3.05, 3.63) is 0 Å². The SMILES string of the molecule is C.CCC(=O)[O-].CCNC(=O)CC.CC[NH3+].O. The van der Waals surface area contributed by atoms with Crippen molar-refractivity contribution in [1.29, 1.82) is 0 Å². The molecule has 0 bridgehead atoms. The summed E-state index contributed by atoms with van der Waals surface area (Å²) in [6.07, 6.45) is 0.702. The van der Waals surface area contributed by atoms with Gasteiger partial charge in [-0.2, -0.15) is 0 Å². The summed E-state index contributed by atoms with van der Waals surface area (Å²) in [5, 5.41) is 11.9. The fourth-order valence-corrected chi connectivity index (χ4v) is 0.322. The zero-order chi connectivity index (χ0) is 12.7. The van der Waals surface area contributed by atoms with E-state index >= 15 is 0 Å². The Labute approximate surface area is 105 Å². The molecule has 17 heavy (non-hydrogen) atoms. The van der Waals surface area contributed by atoms with Crippen molar-refractivity contribution < 1.29 is 25.9 Å². The maximum Gasteiger partial charge on any atom is 0.219 e. The second-order valence-corrected chi connectivity index (χ2v) is 2.53. The third kappa shape index (κ3) is 71.6. The summed E-state index contributed by atoms with van der Waals surface area (Å²) in [6.45, 7) is 9.04. The molecule has 0 aromatic rings. The Balaban J connectivity index is -0.0000000430. The number of quaternary nitrogens is 1. The number of rotatable bonds is 3. The van der Waals surface area contributed by atoms with Gasteiger partial charge in [0, 0.05) is 18.9 Å². The lowest BCUT2D eigenvalue weighted by atomic mass is 10.4. The number of carbonyl (C=O) groups is 2. The lowest BCUT2D eigenvalue weighted by molar-refractivity contribution is -0.361. The average molecular weight is 254 g/mol. The average Bonchev–Trinajstić information content (AvgIpc) is 2.20. The molecule has 0 atom stereocenters. The van der Waals surface area contributed by atoms with Gasteiger partial charge in [-0.15, -0.1) is 0 Å². The van der Waals surface area contributed by atoms with Gasteiger partial charge >= 0.3 is 0 Å². The normalized spacial score (nSPS) is 6.65. The van der Waals surface area contributed by atoms with Gasteiger partial charge in [0.05, 0.1) is 6.54 Å². The highest BCUT2D eigenvalue weighted by Crippen LogP contribution is 1.70. The summed E-state index contributed by atoms with van der Waals surface area (Å²) in [4.78, 5) is 19.6. The molecule has 0 aromatic heterocycles. The van der Waals surface area contributed by atoms with Crippen molar-refractivity contribution in [2.45, 2.75) is 48.0 Å². The van der Waals surface area contributed by atoms with Crippen molar-refractivity contribution in [3.8, 4) is 0 Å². The van der Waals surface area contributed by atoms with E-state index < -0.39 is 5.97 Å². The first-order chi connectivity index (χ1) is 6.99. The van der Waals surface area contributed by atoms with Gasteiger partial charge in [0.1, 0.15) is 0 Å². The standard InChI is InChI=1S/C5H11NO.C3H6O2.C2H7N.CH4.H2O/c1-3-5(7)6-4-2;1-2-3(4)5;1-2-3;;/h3-4H2,1-2H3,(H,6,7);2H2,1H3,(H,4,5);2-3H2,1H3;1H4;1H2. The number of aliphatic carboxylic acids is 1. The van der Waals surface area contributed by atoms with Crippen LogP contribution >= 0.6 is 0 Å². The molecule has 6 nitrogen and oxygen atoms in total. The molecule has 6 heteroatoms. The molecule has 6 N–H and O–H groups in total. The first-order valence-electron chi connectivity index (χ1n) is 5.25. The van der Waals surface area contributed by atoms with Gasteiger partial charge in [-0.25, -0.2) is 0 Å². The van der Waals surface area contributed by atoms with Crippen LogP contribution in [0.15, 0.2) is 0 Å². The van der Waals surface area contributed by atoms with E-state index in [0.717, 1.165) is 13.1 Å². The maximum absolute atomic E-state index is 10.3. The van der Waals surface area contributed by atoms with E-state index in [-0.39, 0.29) is 25.2 Å². The Bertz CT molecular complexity index is 152. The third-order valence-electron chi connectivity index (χ3n) is 0.984. The van der Waals surface area contributed by atoms with Gasteiger partial charge in [-0.3, -0.25) is 4.79 Å². The maximum atomic E-state index is 10.3. The van der Waals surface area contributed by atoms with Crippen molar-refractivity contribution in [3.63, 3.8) is 0 Å². The van der Waals surface area contributed by atoms with Crippen LogP contribution < -0.4 is 16.2 Å². The largest absolute Gasteiger partial charge is 0.550 e. The number of hydrogen-bond acceptors (Lipinski definition) is 3. The van der Waals surface area contributed by atoms with Crippen LogP contribution in [0.4, 0.5) is 0 Å². The van der Waals surface area contributed by atoms with E-state index in [1.54, 1.807) is 0 Å². The fraction of sp³-hybridized carbons (Fsp3) is 0.818. The number of carboxylic acid groups (broad SMARTS) is 1. The molecule has 108 valence electrons. The molecular weight excluding hydrogens is 224 g/mol. The highest BCUT2D eigenvalue weighted by molar-refractivity contribution is 5.75. The molecule has 0 rings (SSSR count). The van der Waals surface area contributed by atoms with Gasteiger partial charge in [0.25, 0.3) is 0 Å². The number of carboxylic acids is 1. The molecule has 0 aliphatic carbocycles. The van der Waals surface area contributed by atoms with Crippen LogP contribution in [0.2, 0.25) is 0 Å². The minimum absolute atomic E-state index is 0. The van der Waals surface area contributed by atoms with Crippen molar-refractivity contribution in [2.24, 2.45) is 0 Å². The molecule has 0 aliphatic rings. The second-order valence-electron chi connectivity index (χ2n) is 2.53. The zero-order valence-corrected chi connectivity index (χ0v) is 10.8. The molecule has 0 saturated carbocycles. The molecular formula is C11H30N2O4. The van der Waals surface area contributed by atoms with Crippen LogP contribution in [0.3, 0.4) is 0 Å². The summed E-state index contributed by atoms with van der Waals surface area (Å²) >= 11 is 0. The predicted molar refractivity (Wildman–Crippen MR) is 68.0 cm³/mol. The molecule has 0 aromatic carbocycles. The number of nitrogens with one attached hydrogen (secondary N) is 1.